The number of hydrogen-bond acceptors (Lipinski definition) is 3. The Kier molecular flexibility index (Phi) is 4.14. The second-order valence-electron chi connectivity index (χ2n) is 5.96. The molecule has 120 valence electrons. The van der Waals surface area contributed by atoms with Crippen molar-refractivity contribution in [3.63, 3.8) is 0 Å². The summed E-state index contributed by atoms with van der Waals surface area (Å²) < 4.78 is 1.56. The predicted molar refractivity (Wildman–Crippen MR) is 85.8 cm³/mol. The lowest BCUT2D eigenvalue weighted by molar-refractivity contribution is -0.117. The number of benzene rings is 1. The van der Waals surface area contributed by atoms with Crippen LogP contribution in [-0.4, -0.2) is 26.8 Å². The fourth-order valence-electron chi connectivity index (χ4n) is 2.77. The smallest absolute Gasteiger partial charge is 0.339 e. The fourth-order valence-corrected chi connectivity index (χ4v) is 2.77. The van der Waals surface area contributed by atoms with E-state index in [1.807, 2.05) is 18.2 Å². The van der Waals surface area contributed by atoms with E-state index in [4.69, 9.17) is 5.11 Å². The molecule has 1 heterocycles. The zero-order chi connectivity index (χ0) is 16.4. The summed E-state index contributed by atoms with van der Waals surface area (Å²) in [6.07, 6.45) is 5.39. The molecule has 1 aromatic heterocycles. The first kappa shape index (κ1) is 15.3. The lowest BCUT2D eigenvalue weighted by Crippen LogP contribution is -2.20. The Morgan fingerprint density at radius 1 is 1.39 bits per heavy atom. The van der Waals surface area contributed by atoms with Crippen molar-refractivity contribution >= 4 is 17.6 Å². The van der Waals surface area contributed by atoms with Gasteiger partial charge in [-0.3, -0.25) is 4.79 Å². The summed E-state index contributed by atoms with van der Waals surface area (Å²) in [5.41, 5.74) is 2.13. The van der Waals surface area contributed by atoms with Gasteiger partial charge in [0.2, 0.25) is 5.91 Å². The number of carboxylic acid groups (broad SMARTS) is 1. The Labute approximate surface area is 134 Å². The monoisotopic (exact) mass is 313 g/mol. The van der Waals surface area contributed by atoms with E-state index in [1.165, 1.54) is 12.6 Å². The molecule has 1 fully saturated rings. The minimum absolute atomic E-state index is 0.0234. The molecule has 0 aliphatic heterocycles. The Morgan fingerprint density at radius 3 is 2.78 bits per heavy atom. The Morgan fingerprint density at radius 2 is 2.17 bits per heavy atom. The van der Waals surface area contributed by atoms with Gasteiger partial charge in [-0.15, -0.1) is 0 Å². The third-order valence-corrected chi connectivity index (χ3v) is 4.31. The van der Waals surface area contributed by atoms with E-state index in [0.29, 0.717) is 23.7 Å². The van der Waals surface area contributed by atoms with Crippen LogP contribution >= 0.6 is 0 Å². The molecular weight excluding hydrogens is 294 g/mol. The van der Waals surface area contributed by atoms with Crippen LogP contribution in [0.3, 0.4) is 0 Å². The van der Waals surface area contributed by atoms with Crippen molar-refractivity contribution in [2.75, 3.05) is 5.32 Å². The molecular formula is C17H19N3O3. The number of nitrogens with one attached hydrogen (secondary N) is 1. The first-order chi connectivity index (χ1) is 11.0. The highest BCUT2D eigenvalue weighted by Crippen LogP contribution is 2.29. The molecule has 1 aromatic carbocycles. The van der Waals surface area contributed by atoms with Crippen LogP contribution in [0.1, 0.15) is 41.7 Å². The molecule has 1 aliphatic carbocycles. The normalized spacial score (nSPS) is 14.3. The van der Waals surface area contributed by atoms with E-state index in [1.54, 1.807) is 17.7 Å². The maximum atomic E-state index is 12.0. The van der Waals surface area contributed by atoms with E-state index < -0.39 is 5.97 Å². The molecule has 6 nitrogen and oxygen atoms in total. The second kappa shape index (κ2) is 6.24. The maximum absolute atomic E-state index is 12.0. The SMILES string of the molecule is Cc1c(C(=O)O)cnn1-c1cccc(NC(=O)CC2CCC2)c1. The standard InChI is InChI=1S/C17H19N3O3/c1-11-15(17(22)23)10-18-20(11)14-7-3-6-13(9-14)19-16(21)8-12-4-2-5-12/h3,6-7,9-10,12H,2,4-5,8H2,1H3,(H,19,21)(H,22,23). The van der Waals surface area contributed by atoms with Crippen LogP contribution in [0.15, 0.2) is 30.5 Å². The molecule has 0 spiro atoms. The number of aromatic nitrogens is 2. The molecule has 0 radical (unpaired) electrons. The number of anilines is 1. The van der Waals surface area contributed by atoms with Crippen LogP contribution in [0, 0.1) is 12.8 Å². The zero-order valence-electron chi connectivity index (χ0n) is 13.0. The van der Waals surface area contributed by atoms with Crippen molar-refractivity contribution in [1.29, 1.82) is 0 Å². The Hall–Kier alpha value is -2.63. The number of rotatable bonds is 5. The van der Waals surface area contributed by atoms with Gasteiger partial charge in [0.1, 0.15) is 5.56 Å². The third-order valence-electron chi connectivity index (χ3n) is 4.31. The van der Waals surface area contributed by atoms with Gasteiger partial charge >= 0.3 is 5.97 Å². The maximum Gasteiger partial charge on any atom is 0.339 e. The van der Waals surface area contributed by atoms with Crippen LogP contribution in [0.25, 0.3) is 5.69 Å². The molecule has 6 heteroatoms. The highest BCUT2D eigenvalue weighted by molar-refractivity contribution is 5.91. The molecule has 0 saturated heterocycles. The molecule has 0 bridgehead atoms. The predicted octanol–water partition coefficient (Wildman–Crippen LogP) is 3.01. The average molecular weight is 313 g/mol. The number of carbonyl (C=O) groups is 2. The molecule has 1 amide bonds. The van der Waals surface area contributed by atoms with Crippen molar-refractivity contribution < 1.29 is 14.7 Å². The number of carboxylic acids is 1. The van der Waals surface area contributed by atoms with Crippen LogP contribution < -0.4 is 5.32 Å². The number of carbonyl (C=O) groups excluding carboxylic acids is 1. The summed E-state index contributed by atoms with van der Waals surface area (Å²) in [5.74, 6) is -0.460. The van der Waals surface area contributed by atoms with E-state index >= 15 is 0 Å². The molecule has 2 N–H and O–H groups in total. The molecule has 23 heavy (non-hydrogen) atoms. The highest BCUT2D eigenvalue weighted by Gasteiger charge is 2.20. The lowest BCUT2D eigenvalue weighted by Gasteiger charge is -2.24. The van der Waals surface area contributed by atoms with Gasteiger partial charge in [-0.25, -0.2) is 9.48 Å². The van der Waals surface area contributed by atoms with Gasteiger partial charge in [-0.05, 0) is 43.9 Å². The van der Waals surface area contributed by atoms with Gasteiger partial charge in [0, 0.05) is 12.1 Å². The zero-order valence-corrected chi connectivity index (χ0v) is 13.0. The summed E-state index contributed by atoms with van der Waals surface area (Å²) in [6.45, 7) is 1.71. The highest BCUT2D eigenvalue weighted by atomic mass is 16.4. The number of nitrogens with zero attached hydrogens (tertiary/aromatic N) is 2. The Balaban J connectivity index is 1.76. The minimum atomic E-state index is -1.00. The molecule has 1 saturated carbocycles. The summed E-state index contributed by atoms with van der Waals surface area (Å²) in [7, 11) is 0. The molecule has 0 unspecified atom stereocenters. The van der Waals surface area contributed by atoms with Gasteiger partial charge in [0.25, 0.3) is 0 Å². The summed E-state index contributed by atoms with van der Waals surface area (Å²) >= 11 is 0. The topological polar surface area (TPSA) is 84.2 Å². The van der Waals surface area contributed by atoms with Crippen LogP contribution in [0.4, 0.5) is 5.69 Å². The summed E-state index contributed by atoms with van der Waals surface area (Å²) in [5, 5.41) is 16.1. The first-order valence-corrected chi connectivity index (χ1v) is 7.73. The fraction of sp³-hybridized carbons (Fsp3) is 0.353. The largest absolute Gasteiger partial charge is 0.478 e. The molecule has 0 atom stereocenters. The van der Waals surface area contributed by atoms with E-state index in [0.717, 1.165) is 18.5 Å². The minimum Gasteiger partial charge on any atom is -0.478 e. The van der Waals surface area contributed by atoms with Gasteiger partial charge in [0.15, 0.2) is 0 Å². The quantitative estimate of drug-likeness (QED) is 0.888. The van der Waals surface area contributed by atoms with Gasteiger partial charge in [0.05, 0.1) is 17.6 Å². The second-order valence-corrected chi connectivity index (χ2v) is 5.96. The van der Waals surface area contributed by atoms with Crippen LogP contribution in [-0.2, 0) is 4.79 Å². The summed E-state index contributed by atoms with van der Waals surface area (Å²) in [6, 6.07) is 7.26. The molecule has 3 rings (SSSR count). The van der Waals surface area contributed by atoms with Gasteiger partial charge < -0.3 is 10.4 Å². The van der Waals surface area contributed by atoms with Gasteiger partial charge in [-0.2, -0.15) is 5.10 Å². The van der Waals surface area contributed by atoms with Crippen LogP contribution in [0.2, 0.25) is 0 Å². The molecule has 1 aliphatic rings. The van der Waals surface area contributed by atoms with Crippen molar-refractivity contribution in [3.8, 4) is 5.69 Å². The van der Waals surface area contributed by atoms with Crippen molar-refractivity contribution in [2.45, 2.75) is 32.6 Å². The van der Waals surface area contributed by atoms with Crippen molar-refractivity contribution in [2.24, 2.45) is 5.92 Å². The Bertz CT molecular complexity index is 747. The van der Waals surface area contributed by atoms with E-state index in [2.05, 4.69) is 10.4 Å². The lowest BCUT2D eigenvalue weighted by atomic mass is 9.83. The third kappa shape index (κ3) is 3.26. The van der Waals surface area contributed by atoms with Crippen molar-refractivity contribution in [3.05, 3.63) is 41.7 Å². The van der Waals surface area contributed by atoms with E-state index in [9.17, 15) is 9.59 Å². The van der Waals surface area contributed by atoms with Crippen molar-refractivity contribution in [1.82, 2.24) is 9.78 Å². The average Bonchev–Trinajstić information content (AvgIpc) is 2.85. The first-order valence-electron chi connectivity index (χ1n) is 7.73. The van der Waals surface area contributed by atoms with Gasteiger partial charge in [-0.1, -0.05) is 12.5 Å². The number of aromatic carboxylic acids is 1. The van der Waals surface area contributed by atoms with E-state index in [-0.39, 0.29) is 11.5 Å². The number of amides is 1. The number of hydrogen-bond donors (Lipinski definition) is 2. The van der Waals surface area contributed by atoms with Crippen LogP contribution in [0.5, 0.6) is 0 Å². The molecule has 2 aromatic rings. The summed E-state index contributed by atoms with van der Waals surface area (Å²) in [4.78, 5) is 23.1.